The Hall–Kier alpha value is -1.33. The maximum atomic E-state index is 2.77. The number of rotatable bonds is 9. The fraction of sp³-hybridized carbons (Fsp3) is 0.647. The van der Waals surface area contributed by atoms with Gasteiger partial charge in [-0.3, -0.25) is 9.80 Å². The van der Waals surface area contributed by atoms with E-state index in [4.69, 9.17) is 0 Å². The summed E-state index contributed by atoms with van der Waals surface area (Å²) in [7, 11) is 2.28. The molecule has 0 N–H and O–H groups in total. The average Bonchev–Trinajstić information content (AvgIpc) is 3.64. The van der Waals surface area contributed by atoms with Crippen molar-refractivity contribution in [1.29, 1.82) is 0 Å². The highest BCUT2D eigenvalue weighted by molar-refractivity contribution is 7.98. The molecule has 2 unspecified atom stereocenters. The van der Waals surface area contributed by atoms with E-state index in [-0.39, 0.29) is 0 Å². The third kappa shape index (κ3) is 6.19. The van der Waals surface area contributed by atoms with Crippen molar-refractivity contribution < 1.29 is 0 Å². The molecule has 3 aliphatic heterocycles. The first kappa shape index (κ1) is 26.9. The lowest BCUT2D eigenvalue weighted by Crippen LogP contribution is -2.36. The van der Waals surface area contributed by atoms with Gasteiger partial charge < -0.3 is 4.90 Å². The molecular formula is C34H49N3S. The Morgan fingerprint density at radius 2 is 1.55 bits per heavy atom. The zero-order valence-electron chi connectivity index (χ0n) is 24.3. The van der Waals surface area contributed by atoms with Crippen LogP contribution in [0.1, 0.15) is 83.2 Å². The van der Waals surface area contributed by atoms with E-state index in [9.17, 15) is 0 Å². The van der Waals surface area contributed by atoms with Crippen molar-refractivity contribution in [3.63, 3.8) is 0 Å². The lowest BCUT2D eigenvalue weighted by atomic mass is 9.86. The van der Waals surface area contributed by atoms with Gasteiger partial charge in [0.15, 0.2) is 0 Å². The molecule has 1 aliphatic carbocycles. The van der Waals surface area contributed by atoms with Crippen LogP contribution in [0.25, 0.3) is 0 Å². The maximum Gasteiger partial charge on any atom is 0.0335 e. The van der Waals surface area contributed by atoms with Gasteiger partial charge in [-0.05, 0) is 115 Å². The van der Waals surface area contributed by atoms with Crippen molar-refractivity contribution >= 4 is 11.8 Å². The van der Waals surface area contributed by atoms with Crippen molar-refractivity contribution in [3.05, 3.63) is 69.3 Å². The molecule has 4 aliphatic rings. The van der Waals surface area contributed by atoms with Crippen molar-refractivity contribution in [2.24, 2.45) is 11.8 Å². The van der Waals surface area contributed by atoms with E-state index in [0.29, 0.717) is 11.2 Å². The van der Waals surface area contributed by atoms with E-state index in [1.807, 2.05) is 11.8 Å². The molecule has 206 valence electrons. The fourth-order valence-electron chi connectivity index (χ4n) is 7.23. The molecule has 2 atom stereocenters. The minimum absolute atomic E-state index is 0.523. The third-order valence-electron chi connectivity index (χ3n) is 9.80. The summed E-state index contributed by atoms with van der Waals surface area (Å²) in [6.45, 7) is 14.6. The minimum atomic E-state index is 0.523. The Morgan fingerprint density at radius 3 is 2.26 bits per heavy atom. The zero-order chi connectivity index (χ0) is 26.2. The molecule has 0 radical (unpaired) electrons. The Morgan fingerprint density at radius 1 is 0.816 bits per heavy atom. The molecule has 1 saturated heterocycles. The second kappa shape index (κ2) is 11.6. The van der Waals surface area contributed by atoms with Gasteiger partial charge in [-0.1, -0.05) is 44.2 Å². The van der Waals surface area contributed by atoms with Gasteiger partial charge in [-0.2, -0.15) is 11.8 Å². The summed E-state index contributed by atoms with van der Waals surface area (Å²) in [5.74, 6) is 2.41. The molecule has 3 heterocycles. The van der Waals surface area contributed by atoms with Crippen LogP contribution < -0.4 is 0 Å². The molecule has 3 nitrogen and oxygen atoms in total. The summed E-state index contributed by atoms with van der Waals surface area (Å²) in [5.41, 5.74) is 11.2. The summed E-state index contributed by atoms with van der Waals surface area (Å²) >= 11 is 2.05. The van der Waals surface area contributed by atoms with Crippen molar-refractivity contribution in [2.45, 2.75) is 76.6 Å². The molecule has 0 spiro atoms. The summed E-state index contributed by atoms with van der Waals surface area (Å²) in [6.07, 6.45) is 10.2. The number of nitrogens with zero attached hydrogens (tertiary/aromatic N) is 3. The van der Waals surface area contributed by atoms with E-state index >= 15 is 0 Å². The Bertz CT molecular complexity index is 1120. The average molecular weight is 532 g/mol. The van der Waals surface area contributed by atoms with Gasteiger partial charge >= 0.3 is 0 Å². The standard InChI is InChI=1S/C34H49N3S/c1-24(2)31-16-28-11-14-37(21-26-9-12-35(3)19-26)23-33(28)32(17-31)18-34(38-4)29-7-8-30-22-36(20-25-5-6-25)13-10-27(30)15-29/h7-8,15-17,24-26,34H,5-6,9-14,18-23H2,1-4H3. The molecule has 2 aromatic rings. The zero-order valence-corrected chi connectivity index (χ0v) is 25.2. The van der Waals surface area contributed by atoms with Crippen LogP contribution in [-0.2, 0) is 32.4 Å². The van der Waals surface area contributed by atoms with Crippen molar-refractivity contribution in [2.75, 3.05) is 52.6 Å². The Kier molecular flexibility index (Phi) is 8.24. The van der Waals surface area contributed by atoms with Crippen LogP contribution in [0.4, 0.5) is 0 Å². The first-order valence-electron chi connectivity index (χ1n) is 15.4. The predicted molar refractivity (Wildman–Crippen MR) is 163 cm³/mol. The summed E-state index contributed by atoms with van der Waals surface area (Å²) < 4.78 is 0. The van der Waals surface area contributed by atoms with Crippen LogP contribution in [0.15, 0.2) is 30.3 Å². The van der Waals surface area contributed by atoms with E-state index in [1.165, 1.54) is 82.5 Å². The van der Waals surface area contributed by atoms with Crippen LogP contribution in [0.2, 0.25) is 0 Å². The Balaban J connectivity index is 1.21. The smallest absolute Gasteiger partial charge is 0.0335 e. The van der Waals surface area contributed by atoms with Gasteiger partial charge in [0.2, 0.25) is 0 Å². The van der Waals surface area contributed by atoms with E-state index < -0.39 is 0 Å². The van der Waals surface area contributed by atoms with Crippen LogP contribution in [-0.4, -0.2) is 67.3 Å². The van der Waals surface area contributed by atoms with Gasteiger partial charge in [0.05, 0.1) is 0 Å². The molecular weight excluding hydrogens is 482 g/mol. The normalized spacial score (nSPS) is 23.6. The summed E-state index contributed by atoms with van der Waals surface area (Å²) in [5, 5.41) is 0.523. The lowest BCUT2D eigenvalue weighted by Gasteiger charge is -2.33. The monoisotopic (exact) mass is 531 g/mol. The van der Waals surface area contributed by atoms with Crippen LogP contribution >= 0.6 is 11.8 Å². The fourth-order valence-corrected chi connectivity index (χ4v) is 8.00. The number of thioether (sulfide) groups is 1. The first-order valence-corrected chi connectivity index (χ1v) is 16.7. The van der Waals surface area contributed by atoms with Gasteiger partial charge in [0.25, 0.3) is 0 Å². The maximum absolute atomic E-state index is 2.77. The van der Waals surface area contributed by atoms with Gasteiger partial charge in [-0.15, -0.1) is 0 Å². The van der Waals surface area contributed by atoms with E-state index in [2.05, 4.69) is 72.2 Å². The highest BCUT2D eigenvalue weighted by Gasteiger charge is 2.28. The number of hydrogen-bond donors (Lipinski definition) is 0. The second-order valence-corrected chi connectivity index (χ2v) is 14.3. The van der Waals surface area contributed by atoms with Crippen LogP contribution in [0.5, 0.6) is 0 Å². The van der Waals surface area contributed by atoms with Crippen molar-refractivity contribution in [1.82, 2.24) is 14.7 Å². The highest BCUT2D eigenvalue weighted by Crippen LogP contribution is 2.37. The topological polar surface area (TPSA) is 9.72 Å². The molecule has 2 fully saturated rings. The molecule has 38 heavy (non-hydrogen) atoms. The van der Waals surface area contributed by atoms with E-state index in [1.54, 1.807) is 27.8 Å². The van der Waals surface area contributed by atoms with Gasteiger partial charge in [-0.25, -0.2) is 0 Å². The SMILES string of the molecule is CSC(Cc1cc(C(C)C)cc2c1CN(CC1CCN(C)C1)CC2)c1ccc2c(c1)CCN(CC1CC1)C2. The minimum Gasteiger partial charge on any atom is -0.306 e. The third-order valence-corrected chi connectivity index (χ3v) is 10.8. The lowest BCUT2D eigenvalue weighted by molar-refractivity contribution is 0.213. The highest BCUT2D eigenvalue weighted by atomic mass is 32.2. The largest absolute Gasteiger partial charge is 0.306 e. The summed E-state index contributed by atoms with van der Waals surface area (Å²) in [4.78, 5) is 7.98. The molecule has 6 rings (SSSR count). The Labute approximate surface area is 236 Å². The number of fused-ring (bicyclic) bond motifs is 2. The number of likely N-dealkylation sites (tertiary alicyclic amines) is 1. The number of benzene rings is 2. The molecule has 4 heteroatoms. The van der Waals surface area contributed by atoms with Crippen LogP contribution in [0.3, 0.4) is 0 Å². The molecule has 1 saturated carbocycles. The predicted octanol–water partition coefficient (Wildman–Crippen LogP) is 6.53. The van der Waals surface area contributed by atoms with E-state index in [0.717, 1.165) is 31.3 Å². The molecule has 0 aromatic heterocycles. The molecule has 0 bridgehead atoms. The van der Waals surface area contributed by atoms with Gasteiger partial charge in [0, 0.05) is 51.1 Å². The number of hydrogen-bond acceptors (Lipinski definition) is 4. The van der Waals surface area contributed by atoms with Crippen molar-refractivity contribution in [3.8, 4) is 0 Å². The molecule has 2 aromatic carbocycles. The first-order chi connectivity index (χ1) is 18.4. The molecule has 0 amide bonds. The van der Waals surface area contributed by atoms with Gasteiger partial charge in [0.1, 0.15) is 0 Å². The quantitative estimate of drug-likeness (QED) is 0.364. The second-order valence-electron chi connectivity index (χ2n) is 13.3. The summed E-state index contributed by atoms with van der Waals surface area (Å²) in [6, 6.07) is 12.6. The van der Waals surface area contributed by atoms with Crippen LogP contribution in [0, 0.1) is 11.8 Å².